The fourth-order valence-electron chi connectivity index (χ4n) is 1.76. The topological polar surface area (TPSA) is 38.3 Å². The number of benzene rings is 2. The van der Waals surface area contributed by atoms with Gasteiger partial charge in [-0.15, -0.1) is 0 Å². The Morgan fingerprint density at radius 3 is 2.55 bits per heavy atom. The minimum atomic E-state index is -0.576. The molecule has 1 unspecified atom stereocenters. The van der Waals surface area contributed by atoms with Crippen LogP contribution in [0.15, 0.2) is 48.5 Å². The van der Waals surface area contributed by atoms with Crippen LogP contribution in [0.2, 0.25) is 5.02 Å². The molecule has 0 radical (unpaired) electrons. The highest BCUT2D eigenvalue weighted by Gasteiger charge is 2.15. The van der Waals surface area contributed by atoms with Crippen LogP contribution in [-0.2, 0) is 4.79 Å². The van der Waals surface area contributed by atoms with Gasteiger partial charge in [-0.25, -0.2) is 0 Å². The van der Waals surface area contributed by atoms with Gasteiger partial charge < -0.3 is 10.1 Å². The summed E-state index contributed by atoms with van der Waals surface area (Å²) in [6, 6.07) is 14.6. The van der Waals surface area contributed by atoms with Crippen molar-refractivity contribution in [3.8, 4) is 5.75 Å². The summed E-state index contributed by atoms with van der Waals surface area (Å²) in [6.07, 6.45) is -0.576. The summed E-state index contributed by atoms with van der Waals surface area (Å²) < 4.78 is 5.57. The van der Waals surface area contributed by atoms with Gasteiger partial charge in [-0.05, 0) is 49.7 Å². The number of hydrogen-bond acceptors (Lipinski definition) is 2. The summed E-state index contributed by atoms with van der Waals surface area (Å²) in [7, 11) is 0. The van der Waals surface area contributed by atoms with Crippen LogP contribution in [-0.4, -0.2) is 12.0 Å². The Morgan fingerprint density at radius 2 is 1.90 bits per heavy atom. The molecule has 1 amide bonds. The molecule has 3 nitrogen and oxygen atoms in total. The van der Waals surface area contributed by atoms with E-state index in [2.05, 4.69) is 5.32 Å². The number of para-hydroxylation sites is 1. The number of amides is 1. The second-order valence-electron chi connectivity index (χ2n) is 4.52. The van der Waals surface area contributed by atoms with Crippen molar-refractivity contribution in [3.63, 3.8) is 0 Å². The predicted octanol–water partition coefficient (Wildman–Crippen LogP) is 4.05. The second-order valence-corrected chi connectivity index (χ2v) is 4.96. The molecule has 20 heavy (non-hydrogen) atoms. The van der Waals surface area contributed by atoms with E-state index in [1.165, 1.54) is 0 Å². The minimum Gasteiger partial charge on any atom is -0.481 e. The third-order valence-corrected chi connectivity index (χ3v) is 3.11. The molecular formula is C16H16ClNO2. The van der Waals surface area contributed by atoms with Gasteiger partial charge >= 0.3 is 0 Å². The molecule has 0 heterocycles. The van der Waals surface area contributed by atoms with E-state index in [1.54, 1.807) is 25.1 Å². The first kappa shape index (κ1) is 14.4. The summed E-state index contributed by atoms with van der Waals surface area (Å²) in [4.78, 5) is 12.1. The molecule has 2 rings (SSSR count). The summed E-state index contributed by atoms with van der Waals surface area (Å²) in [5.74, 6) is 0.474. The van der Waals surface area contributed by atoms with Gasteiger partial charge in [0.25, 0.3) is 5.91 Å². The molecule has 0 fully saturated rings. The Bertz CT molecular complexity index is 599. The van der Waals surface area contributed by atoms with E-state index in [0.29, 0.717) is 10.8 Å². The van der Waals surface area contributed by atoms with E-state index in [9.17, 15) is 4.79 Å². The zero-order valence-corrected chi connectivity index (χ0v) is 12.1. The monoisotopic (exact) mass is 289 g/mol. The zero-order chi connectivity index (χ0) is 14.5. The molecule has 1 N–H and O–H groups in total. The number of aryl methyl sites for hydroxylation is 1. The van der Waals surface area contributed by atoms with Crippen molar-refractivity contribution in [2.45, 2.75) is 20.0 Å². The molecule has 104 valence electrons. The van der Waals surface area contributed by atoms with Gasteiger partial charge in [0.05, 0.1) is 0 Å². The third kappa shape index (κ3) is 3.75. The van der Waals surface area contributed by atoms with Crippen LogP contribution in [0, 0.1) is 6.92 Å². The minimum absolute atomic E-state index is 0.195. The number of anilines is 1. The number of ether oxygens (including phenoxy) is 1. The zero-order valence-electron chi connectivity index (χ0n) is 11.4. The van der Waals surface area contributed by atoms with E-state index < -0.39 is 6.10 Å². The lowest BCUT2D eigenvalue weighted by Crippen LogP contribution is -2.30. The van der Waals surface area contributed by atoms with Crippen molar-refractivity contribution in [2.24, 2.45) is 0 Å². The Labute approximate surface area is 123 Å². The van der Waals surface area contributed by atoms with Crippen molar-refractivity contribution in [2.75, 3.05) is 5.32 Å². The van der Waals surface area contributed by atoms with E-state index in [0.717, 1.165) is 11.3 Å². The molecule has 0 bridgehead atoms. The third-order valence-electron chi connectivity index (χ3n) is 2.87. The number of carbonyl (C=O) groups excluding carboxylic acids is 1. The first-order valence-electron chi connectivity index (χ1n) is 6.35. The predicted molar refractivity (Wildman–Crippen MR) is 81.4 cm³/mol. The maximum Gasteiger partial charge on any atom is 0.265 e. The standard InChI is InChI=1S/C16H16ClNO2/c1-11-10-13(17)8-9-15(11)18-16(19)12(2)20-14-6-4-3-5-7-14/h3-10,12H,1-2H3,(H,18,19). The van der Waals surface area contributed by atoms with Crippen LogP contribution in [0.5, 0.6) is 5.75 Å². The maximum absolute atomic E-state index is 12.1. The van der Waals surface area contributed by atoms with Crippen LogP contribution in [0.25, 0.3) is 0 Å². The highest BCUT2D eigenvalue weighted by Crippen LogP contribution is 2.20. The molecule has 0 aliphatic rings. The van der Waals surface area contributed by atoms with Crippen LogP contribution in [0.1, 0.15) is 12.5 Å². The van der Waals surface area contributed by atoms with Gasteiger partial charge in [-0.3, -0.25) is 4.79 Å². The SMILES string of the molecule is Cc1cc(Cl)ccc1NC(=O)C(C)Oc1ccccc1. The highest BCUT2D eigenvalue weighted by atomic mass is 35.5. The molecule has 2 aromatic carbocycles. The van der Waals surface area contributed by atoms with Gasteiger partial charge in [0.1, 0.15) is 5.75 Å². The molecule has 0 aromatic heterocycles. The molecule has 1 atom stereocenters. The summed E-state index contributed by atoms with van der Waals surface area (Å²) in [5.41, 5.74) is 1.65. The Balaban J connectivity index is 2.01. The number of halogens is 1. The fourth-order valence-corrected chi connectivity index (χ4v) is 1.99. The smallest absolute Gasteiger partial charge is 0.265 e. The number of rotatable bonds is 4. The van der Waals surface area contributed by atoms with E-state index in [4.69, 9.17) is 16.3 Å². The van der Waals surface area contributed by atoms with Crippen molar-refractivity contribution in [3.05, 3.63) is 59.1 Å². The number of nitrogens with one attached hydrogen (secondary N) is 1. The quantitative estimate of drug-likeness (QED) is 0.922. The van der Waals surface area contributed by atoms with Gasteiger partial charge in [0.2, 0.25) is 0 Å². The first-order valence-corrected chi connectivity index (χ1v) is 6.73. The average Bonchev–Trinajstić information content (AvgIpc) is 2.43. The van der Waals surface area contributed by atoms with Gasteiger partial charge in [-0.2, -0.15) is 0 Å². The lowest BCUT2D eigenvalue weighted by molar-refractivity contribution is -0.122. The Kier molecular flexibility index (Phi) is 4.64. The molecule has 4 heteroatoms. The highest BCUT2D eigenvalue weighted by molar-refractivity contribution is 6.30. The van der Waals surface area contributed by atoms with Crippen LogP contribution < -0.4 is 10.1 Å². The largest absolute Gasteiger partial charge is 0.481 e. The van der Waals surface area contributed by atoms with E-state index in [-0.39, 0.29) is 5.91 Å². The van der Waals surface area contributed by atoms with Crippen LogP contribution in [0.4, 0.5) is 5.69 Å². The number of carbonyl (C=O) groups is 1. The fraction of sp³-hybridized carbons (Fsp3) is 0.188. The molecular weight excluding hydrogens is 274 g/mol. The molecule has 0 spiro atoms. The van der Waals surface area contributed by atoms with Gasteiger partial charge in [0, 0.05) is 10.7 Å². The molecule has 0 aliphatic heterocycles. The molecule has 2 aromatic rings. The summed E-state index contributed by atoms with van der Waals surface area (Å²) in [6.45, 7) is 3.61. The normalized spacial score (nSPS) is 11.8. The van der Waals surface area contributed by atoms with Crippen molar-refractivity contribution in [1.29, 1.82) is 0 Å². The van der Waals surface area contributed by atoms with Gasteiger partial charge in [-0.1, -0.05) is 29.8 Å². The summed E-state index contributed by atoms with van der Waals surface area (Å²) >= 11 is 5.89. The Hall–Kier alpha value is -2.00. The molecule has 0 saturated heterocycles. The Morgan fingerprint density at radius 1 is 1.20 bits per heavy atom. The molecule has 0 saturated carbocycles. The van der Waals surface area contributed by atoms with Crippen molar-refractivity contribution >= 4 is 23.2 Å². The first-order chi connectivity index (χ1) is 9.56. The lowest BCUT2D eigenvalue weighted by atomic mass is 10.2. The summed E-state index contributed by atoms with van der Waals surface area (Å²) in [5, 5.41) is 3.48. The molecule has 0 aliphatic carbocycles. The van der Waals surface area contributed by atoms with Crippen LogP contribution >= 0.6 is 11.6 Å². The maximum atomic E-state index is 12.1. The van der Waals surface area contributed by atoms with E-state index in [1.807, 2.05) is 37.3 Å². The van der Waals surface area contributed by atoms with Gasteiger partial charge in [0.15, 0.2) is 6.10 Å². The van der Waals surface area contributed by atoms with Crippen molar-refractivity contribution < 1.29 is 9.53 Å². The number of hydrogen-bond donors (Lipinski definition) is 1. The second kappa shape index (κ2) is 6.44. The van der Waals surface area contributed by atoms with Crippen molar-refractivity contribution in [1.82, 2.24) is 0 Å². The average molecular weight is 290 g/mol. The lowest BCUT2D eigenvalue weighted by Gasteiger charge is -2.15. The van der Waals surface area contributed by atoms with Crippen LogP contribution in [0.3, 0.4) is 0 Å². The van der Waals surface area contributed by atoms with E-state index >= 15 is 0 Å².